The van der Waals surface area contributed by atoms with E-state index in [1.807, 2.05) is 54.6 Å². The van der Waals surface area contributed by atoms with Gasteiger partial charge < -0.3 is 13.6 Å². The van der Waals surface area contributed by atoms with Crippen LogP contribution in [0.3, 0.4) is 0 Å². The van der Waals surface area contributed by atoms with E-state index >= 15 is 0 Å². The highest BCUT2D eigenvalue weighted by Crippen LogP contribution is 2.45. The summed E-state index contributed by atoms with van der Waals surface area (Å²) in [4.78, 5) is 0. The third-order valence-corrected chi connectivity index (χ3v) is 5.62. The molecule has 0 heterocycles. The largest absolute Gasteiger partial charge is 0.530 e. The zero-order chi connectivity index (χ0) is 19.8. The van der Waals surface area contributed by atoms with E-state index in [1.54, 1.807) is 0 Å². The van der Waals surface area contributed by atoms with Crippen LogP contribution in [0.25, 0.3) is 0 Å². The summed E-state index contributed by atoms with van der Waals surface area (Å²) in [6.07, 6.45) is 2.66. The van der Waals surface area contributed by atoms with Crippen LogP contribution in [-0.2, 0) is 19.3 Å². The molecule has 0 saturated carbocycles. The number of para-hydroxylation sites is 3. The molecule has 0 radical (unpaired) electrons. The first kappa shape index (κ1) is 20.2. The van der Waals surface area contributed by atoms with Gasteiger partial charge in [-0.05, 0) is 54.2 Å². The molecule has 0 saturated heterocycles. The van der Waals surface area contributed by atoms with E-state index in [-0.39, 0.29) is 0 Å². The lowest BCUT2D eigenvalue weighted by Crippen LogP contribution is -2.05. The maximum Gasteiger partial charge on any atom is 0.530 e. The number of rotatable bonds is 9. The highest BCUT2D eigenvalue weighted by Gasteiger charge is 2.23. The lowest BCUT2D eigenvalue weighted by molar-refractivity contribution is 0.383. The lowest BCUT2D eigenvalue weighted by Gasteiger charge is -2.21. The van der Waals surface area contributed by atoms with Crippen molar-refractivity contribution in [2.75, 3.05) is 0 Å². The van der Waals surface area contributed by atoms with Crippen LogP contribution in [0.4, 0.5) is 0 Å². The van der Waals surface area contributed by atoms with Crippen molar-refractivity contribution in [1.82, 2.24) is 0 Å². The number of benzene rings is 3. The van der Waals surface area contributed by atoms with Crippen molar-refractivity contribution in [3.63, 3.8) is 0 Å². The molecule has 0 aliphatic heterocycles. The molecule has 3 aromatic rings. The molecule has 146 valence electrons. The molecule has 0 aliphatic carbocycles. The Morgan fingerprint density at radius 3 is 1.07 bits per heavy atom. The Bertz CT molecular complexity index is 777. The summed E-state index contributed by atoms with van der Waals surface area (Å²) in [5.41, 5.74) is 3.40. The van der Waals surface area contributed by atoms with Gasteiger partial charge in [-0.25, -0.2) is 0 Å². The maximum atomic E-state index is 6.26. The zero-order valence-electron chi connectivity index (χ0n) is 16.7. The van der Waals surface area contributed by atoms with Gasteiger partial charge in [0.15, 0.2) is 0 Å². The minimum Gasteiger partial charge on any atom is -0.408 e. The van der Waals surface area contributed by atoms with Crippen LogP contribution in [0.1, 0.15) is 37.5 Å². The molecule has 4 heteroatoms. The molecular weight excluding hydrogens is 367 g/mol. The van der Waals surface area contributed by atoms with E-state index < -0.39 is 8.60 Å². The number of aryl methyl sites for hydroxylation is 3. The van der Waals surface area contributed by atoms with Crippen molar-refractivity contribution in [2.24, 2.45) is 0 Å². The summed E-state index contributed by atoms with van der Waals surface area (Å²) >= 11 is 0. The van der Waals surface area contributed by atoms with Gasteiger partial charge in [0.2, 0.25) is 0 Å². The molecular formula is C24H27O3P. The van der Waals surface area contributed by atoms with Gasteiger partial charge in [0.05, 0.1) is 0 Å². The second-order valence-corrected chi connectivity index (χ2v) is 7.38. The summed E-state index contributed by atoms with van der Waals surface area (Å²) < 4.78 is 18.8. The van der Waals surface area contributed by atoms with E-state index in [2.05, 4.69) is 39.0 Å². The summed E-state index contributed by atoms with van der Waals surface area (Å²) in [6.45, 7) is 6.35. The average Bonchev–Trinajstić information content (AvgIpc) is 2.75. The first-order valence-electron chi connectivity index (χ1n) is 9.82. The standard InChI is InChI=1S/C24H27O3P/c1-4-19-13-7-10-16-22(19)25-28(26-23-17-11-8-14-20(23)5-2)27-24-18-12-9-15-21(24)6-3/h7-18H,4-6H2,1-3H3. The zero-order valence-corrected chi connectivity index (χ0v) is 17.6. The molecule has 3 rings (SSSR count). The van der Waals surface area contributed by atoms with Gasteiger partial charge in [0.1, 0.15) is 17.2 Å². The van der Waals surface area contributed by atoms with Gasteiger partial charge in [-0.3, -0.25) is 0 Å². The third kappa shape index (κ3) is 5.05. The van der Waals surface area contributed by atoms with Gasteiger partial charge in [-0.15, -0.1) is 0 Å². The van der Waals surface area contributed by atoms with Gasteiger partial charge in [0, 0.05) is 0 Å². The van der Waals surface area contributed by atoms with Gasteiger partial charge in [0.25, 0.3) is 0 Å². The Morgan fingerprint density at radius 2 is 0.786 bits per heavy atom. The molecule has 3 nitrogen and oxygen atoms in total. The first-order chi connectivity index (χ1) is 13.7. The Kier molecular flexibility index (Phi) is 7.33. The second-order valence-electron chi connectivity index (χ2n) is 6.38. The monoisotopic (exact) mass is 394 g/mol. The molecule has 0 amide bonds. The Labute approximate surface area is 169 Å². The third-order valence-electron chi connectivity index (χ3n) is 4.58. The van der Waals surface area contributed by atoms with E-state index in [1.165, 1.54) is 0 Å². The van der Waals surface area contributed by atoms with E-state index in [0.717, 1.165) is 53.2 Å². The molecule has 0 aromatic heterocycles. The molecule has 0 bridgehead atoms. The second kappa shape index (κ2) is 10.1. The van der Waals surface area contributed by atoms with Gasteiger partial charge in [-0.1, -0.05) is 75.4 Å². The molecule has 3 aromatic carbocycles. The fraction of sp³-hybridized carbons (Fsp3) is 0.250. The minimum absolute atomic E-state index is 0.805. The minimum atomic E-state index is -1.66. The van der Waals surface area contributed by atoms with Crippen molar-refractivity contribution in [3.8, 4) is 17.2 Å². The van der Waals surface area contributed by atoms with Crippen molar-refractivity contribution in [3.05, 3.63) is 89.5 Å². The van der Waals surface area contributed by atoms with Crippen molar-refractivity contribution in [1.29, 1.82) is 0 Å². The smallest absolute Gasteiger partial charge is 0.408 e. The Balaban J connectivity index is 1.91. The van der Waals surface area contributed by atoms with Crippen LogP contribution in [0, 0.1) is 0 Å². The summed E-state index contributed by atoms with van der Waals surface area (Å²) in [5.74, 6) is 2.41. The Hall–Kier alpha value is -2.51. The number of hydrogen-bond donors (Lipinski definition) is 0. The fourth-order valence-corrected chi connectivity index (χ4v) is 4.08. The maximum absolute atomic E-state index is 6.26. The summed E-state index contributed by atoms with van der Waals surface area (Å²) in [7, 11) is -1.66. The van der Waals surface area contributed by atoms with Crippen LogP contribution >= 0.6 is 8.60 Å². The van der Waals surface area contributed by atoms with Crippen molar-refractivity contribution < 1.29 is 13.6 Å². The average molecular weight is 394 g/mol. The molecule has 0 atom stereocenters. The van der Waals surface area contributed by atoms with E-state index in [4.69, 9.17) is 13.6 Å². The van der Waals surface area contributed by atoms with Crippen LogP contribution in [-0.4, -0.2) is 0 Å². The van der Waals surface area contributed by atoms with Crippen LogP contribution in [0.15, 0.2) is 72.8 Å². The van der Waals surface area contributed by atoms with Crippen LogP contribution in [0.2, 0.25) is 0 Å². The summed E-state index contributed by atoms with van der Waals surface area (Å²) in [5, 5.41) is 0. The number of hydrogen-bond acceptors (Lipinski definition) is 3. The summed E-state index contributed by atoms with van der Waals surface area (Å²) in [6, 6.07) is 24.1. The predicted octanol–water partition coefficient (Wildman–Crippen LogP) is 7.14. The van der Waals surface area contributed by atoms with E-state index in [9.17, 15) is 0 Å². The fourth-order valence-electron chi connectivity index (χ4n) is 2.95. The van der Waals surface area contributed by atoms with Gasteiger partial charge >= 0.3 is 8.60 Å². The quantitative estimate of drug-likeness (QED) is 0.361. The topological polar surface area (TPSA) is 27.7 Å². The molecule has 28 heavy (non-hydrogen) atoms. The Morgan fingerprint density at radius 1 is 0.500 bits per heavy atom. The normalized spacial score (nSPS) is 10.7. The van der Waals surface area contributed by atoms with Crippen molar-refractivity contribution in [2.45, 2.75) is 40.0 Å². The van der Waals surface area contributed by atoms with E-state index in [0.29, 0.717) is 0 Å². The van der Waals surface area contributed by atoms with Crippen LogP contribution < -0.4 is 13.6 Å². The highest BCUT2D eigenvalue weighted by atomic mass is 31.2. The van der Waals surface area contributed by atoms with Crippen LogP contribution in [0.5, 0.6) is 17.2 Å². The first-order valence-corrected chi connectivity index (χ1v) is 10.9. The van der Waals surface area contributed by atoms with Crippen molar-refractivity contribution >= 4 is 8.60 Å². The predicted molar refractivity (Wildman–Crippen MR) is 116 cm³/mol. The molecule has 0 unspecified atom stereocenters. The molecule has 0 spiro atoms. The molecule has 0 fully saturated rings. The lowest BCUT2D eigenvalue weighted by atomic mass is 10.1. The molecule has 0 N–H and O–H groups in total. The van der Waals surface area contributed by atoms with Gasteiger partial charge in [-0.2, -0.15) is 0 Å². The highest BCUT2D eigenvalue weighted by molar-refractivity contribution is 7.43. The SMILES string of the molecule is CCc1ccccc1OP(Oc1ccccc1CC)Oc1ccccc1CC. The molecule has 0 aliphatic rings.